The largest absolute Gasteiger partial charge is 0.493 e. The lowest BCUT2D eigenvalue weighted by Gasteiger charge is -2.27. The Kier molecular flexibility index (Phi) is 6.33. The normalized spacial score (nSPS) is 16.0. The molecule has 1 aliphatic heterocycles. The summed E-state index contributed by atoms with van der Waals surface area (Å²) in [4.78, 5) is 26.1. The molecule has 0 aromatic heterocycles. The molecule has 0 aliphatic carbocycles. The second kappa shape index (κ2) is 8.26. The third-order valence-corrected chi connectivity index (χ3v) is 4.39. The molecule has 8 heteroatoms. The average molecular weight is 425 g/mol. The zero-order valence-corrected chi connectivity index (χ0v) is 16.2. The molecular weight excluding hydrogens is 408 g/mol. The first-order valence-electron chi connectivity index (χ1n) is 7.43. The number of hydrogen-bond acceptors (Lipinski definition) is 5. The van der Waals surface area contributed by atoms with E-state index in [0.29, 0.717) is 28.1 Å². The van der Waals surface area contributed by atoms with Crippen LogP contribution in [0.25, 0.3) is 6.08 Å². The smallest absolute Gasteiger partial charge is 0.265 e. The van der Waals surface area contributed by atoms with E-state index in [0.717, 1.165) is 0 Å². The molecule has 1 N–H and O–H groups in total. The Morgan fingerprint density at radius 3 is 2.68 bits per heavy atom. The molecule has 132 valence electrons. The first-order valence-corrected chi connectivity index (χ1v) is 8.63. The first-order chi connectivity index (χ1) is 11.9. The third kappa shape index (κ3) is 4.08. The van der Waals surface area contributed by atoms with E-state index in [4.69, 9.17) is 21.7 Å². The number of benzene rings is 1. The fraction of sp³-hybridized carbons (Fsp3) is 0.235. The van der Waals surface area contributed by atoms with Crippen molar-refractivity contribution < 1.29 is 19.1 Å². The number of methoxy groups -OCH3 is 1. The van der Waals surface area contributed by atoms with Gasteiger partial charge in [0.2, 0.25) is 0 Å². The summed E-state index contributed by atoms with van der Waals surface area (Å²) in [6.45, 7) is 6.11. The molecule has 0 atom stereocenters. The molecular formula is C17H17BrN2O4S. The average Bonchev–Trinajstić information content (AvgIpc) is 2.57. The number of hydrogen-bond donors (Lipinski definition) is 1. The molecule has 1 heterocycles. The molecule has 1 saturated heterocycles. The molecule has 0 unspecified atom stereocenters. The van der Waals surface area contributed by atoms with E-state index in [1.54, 1.807) is 12.1 Å². The van der Waals surface area contributed by atoms with E-state index in [1.165, 1.54) is 24.2 Å². The van der Waals surface area contributed by atoms with Gasteiger partial charge in [0.25, 0.3) is 11.8 Å². The Labute approximate surface area is 159 Å². The first kappa shape index (κ1) is 19.1. The van der Waals surface area contributed by atoms with Gasteiger partial charge in [-0.15, -0.1) is 6.58 Å². The maximum atomic E-state index is 12.6. The van der Waals surface area contributed by atoms with Gasteiger partial charge in [0.1, 0.15) is 5.57 Å². The molecule has 0 spiro atoms. The van der Waals surface area contributed by atoms with Gasteiger partial charge in [-0.25, -0.2) is 0 Å². The summed E-state index contributed by atoms with van der Waals surface area (Å²) in [6, 6.07) is 3.42. The Balaban J connectivity index is 2.48. The van der Waals surface area contributed by atoms with Crippen LogP contribution in [0, 0.1) is 0 Å². The van der Waals surface area contributed by atoms with Crippen LogP contribution in [-0.4, -0.2) is 42.1 Å². The van der Waals surface area contributed by atoms with Crippen LogP contribution in [0.2, 0.25) is 0 Å². The minimum atomic E-state index is -0.545. The summed E-state index contributed by atoms with van der Waals surface area (Å²) in [5, 5.41) is 2.57. The number of nitrogens with one attached hydrogen (secondary N) is 1. The highest BCUT2D eigenvalue weighted by molar-refractivity contribution is 9.10. The molecule has 2 rings (SSSR count). The monoisotopic (exact) mass is 424 g/mol. The molecule has 2 amide bonds. The van der Waals surface area contributed by atoms with Gasteiger partial charge >= 0.3 is 0 Å². The summed E-state index contributed by atoms with van der Waals surface area (Å²) in [5.74, 6) is 0.0391. The number of thiocarbonyl (C=S) groups is 1. The lowest BCUT2D eigenvalue weighted by atomic mass is 10.1. The second-order valence-corrected chi connectivity index (χ2v) is 6.22. The van der Waals surface area contributed by atoms with Crippen LogP contribution in [0.15, 0.2) is 34.8 Å². The van der Waals surface area contributed by atoms with Crippen LogP contribution in [0.5, 0.6) is 11.5 Å². The van der Waals surface area contributed by atoms with Gasteiger partial charge < -0.3 is 9.47 Å². The van der Waals surface area contributed by atoms with Gasteiger partial charge in [0.15, 0.2) is 16.6 Å². The quantitative estimate of drug-likeness (QED) is 0.329. The SMILES string of the molecule is C=CCN1C(=O)/C(=C/c2cc(OCC)c(OC)cc2Br)C(=O)NC1=S. The van der Waals surface area contributed by atoms with Crippen molar-refractivity contribution in [3.8, 4) is 11.5 Å². The van der Waals surface area contributed by atoms with Crippen molar-refractivity contribution >= 4 is 51.2 Å². The molecule has 0 radical (unpaired) electrons. The molecule has 0 saturated carbocycles. The summed E-state index contributed by atoms with van der Waals surface area (Å²) in [6.07, 6.45) is 3.03. The lowest BCUT2D eigenvalue weighted by molar-refractivity contribution is -0.128. The molecule has 1 aliphatic rings. The fourth-order valence-electron chi connectivity index (χ4n) is 2.23. The van der Waals surface area contributed by atoms with Gasteiger partial charge in [0, 0.05) is 11.0 Å². The van der Waals surface area contributed by atoms with Crippen LogP contribution in [0.3, 0.4) is 0 Å². The molecule has 25 heavy (non-hydrogen) atoms. The summed E-state index contributed by atoms with van der Waals surface area (Å²) < 4.78 is 11.5. The van der Waals surface area contributed by atoms with Crippen LogP contribution in [-0.2, 0) is 9.59 Å². The molecule has 0 bridgehead atoms. The fourth-order valence-corrected chi connectivity index (χ4v) is 2.92. The zero-order valence-electron chi connectivity index (χ0n) is 13.8. The highest BCUT2D eigenvalue weighted by Gasteiger charge is 2.32. The van der Waals surface area contributed by atoms with Crippen molar-refractivity contribution in [3.63, 3.8) is 0 Å². The standard InChI is InChI=1S/C17H17BrN2O4S/c1-4-6-20-16(22)11(15(21)19-17(20)25)7-10-8-14(24-5-2)13(23-3)9-12(10)18/h4,7-9H,1,5-6H2,2-3H3,(H,19,21,25)/b11-7+. The predicted molar refractivity (Wildman–Crippen MR) is 102 cm³/mol. The van der Waals surface area contributed by atoms with Gasteiger partial charge in [-0.3, -0.25) is 19.8 Å². The maximum Gasteiger partial charge on any atom is 0.265 e. The predicted octanol–water partition coefficient (Wildman–Crippen LogP) is 2.67. The van der Waals surface area contributed by atoms with Crippen molar-refractivity contribution in [3.05, 3.63) is 40.4 Å². The van der Waals surface area contributed by atoms with Gasteiger partial charge in [-0.05, 0) is 42.9 Å². The second-order valence-electron chi connectivity index (χ2n) is 4.98. The highest BCUT2D eigenvalue weighted by Crippen LogP contribution is 2.35. The van der Waals surface area contributed by atoms with Crippen LogP contribution in [0.1, 0.15) is 12.5 Å². The Morgan fingerprint density at radius 1 is 1.36 bits per heavy atom. The lowest BCUT2D eigenvalue weighted by Crippen LogP contribution is -2.53. The number of amides is 2. The van der Waals surface area contributed by atoms with Crippen LogP contribution in [0.4, 0.5) is 0 Å². The molecule has 1 fully saturated rings. The Morgan fingerprint density at radius 2 is 2.08 bits per heavy atom. The minimum Gasteiger partial charge on any atom is -0.493 e. The van der Waals surface area contributed by atoms with E-state index in [9.17, 15) is 9.59 Å². The van der Waals surface area contributed by atoms with Crippen molar-refractivity contribution in [2.75, 3.05) is 20.3 Å². The van der Waals surface area contributed by atoms with Crippen molar-refractivity contribution in [2.45, 2.75) is 6.92 Å². The van der Waals surface area contributed by atoms with E-state index in [2.05, 4.69) is 27.8 Å². The number of halogens is 1. The van der Waals surface area contributed by atoms with Crippen molar-refractivity contribution in [1.82, 2.24) is 10.2 Å². The summed E-state index contributed by atoms with van der Waals surface area (Å²) in [7, 11) is 1.54. The van der Waals surface area contributed by atoms with Gasteiger partial charge in [-0.1, -0.05) is 22.0 Å². The highest BCUT2D eigenvalue weighted by atomic mass is 79.9. The number of ether oxygens (including phenoxy) is 2. The van der Waals surface area contributed by atoms with Crippen molar-refractivity contribution in [2.24, 2.45) is 0 Å². The molecule has 1 aromatic rings. The van der Waals surface area contributed by atoms with E-state index in [1.807, 2.05) is 6.92 Å². The molecule has 1 aromatic carbocycles. The van der Waals surface area contributed by atoms with E-state index in [-0.39, 0.29) is 17.2 Å². The van der Waals surface area contributed by atoms with Crippen LogP contribution >= 0.6 is 28.1 Å². The third-order valence-electron chi connectivity index (χ3n) is 3.38. The number of carbonyl (C=O) groups is 2. The van der Waals surface area contributed by atoms with Crippen LogP contribution < -0.4 is 14.8 Å². The van der Waals surface area contributed by atoms with E-state index >= 15 is 0 Å². The Bertz CT molecular complexity index is 776. The van der Waals surface area contributed by atoms with Gasteiger partial charge in [0.05, 0.1) is 13.7 Å². The molecule has 6 nitrogen and oxygen atoms in total. The summed E-state index contributed by atoms with van der Waals surface area (Å²) >= 11 is 8.45. The topological polar surface area (TPSA) is 67.9 Å². The number of rotatable bonds is 6. The number of nitrogens with zero attached hydrogens (tertiary/aromatic N) is 1. The Hall–Kier alpha value is -2.19. The zero-order chi connectivity index (χ0) is 18.6. The van der Waals surface area contributed by atoms with Crippen molar-refractivity contribution in [1.29, 1.82) is 0 Å². The van der Waals surface area contributed by atoms with Gasteiger partial charge in [-0.2, -0.15) is 0 Å². The number of carbonyl (C=O) groups excluding carboxylic acids is 2. The summed E-state index contributed by atoms with van der Waals surface area (Å²) in [5.41, 5.74) is 0.581. The van der Waals surface area contributed by atoms with E-state index < -0.39 is 11.8 Å². The maximum absolute atomic E-state index is 12.6. The minimum absolute atomic E-state index is 0.0243.